The number of hydrogen-bond acceptors (Lipinski definition) is 6. The zero-order chi connectivity index (χ0) is 11.4. The minimum absolute atomic E-state index is 0.541. The highest BCUT2D eigenvalue weighted by atomic mass is 32.2. The molecule has 0 aromatic carbocycles. The number of H-pyrrole nitrogens is 1. The third kappa shape index (κ3) is 2.30. The number of nitrogens with two attached hydrogens (primary N) is 1. The molecule has 3 N–H and O–H groups in total. The summed E-state index contributed by atoms with van der Waals surface area (Å²) in [6.45, 7) is 2.09. The number of aromatic amines is 1. The van der Waals surface area contributed by atoms with E-state index < -0.39 is 0 Å². The molecule has 0 amide bonds. The van der Waals surface area contributed by atoms with Gasteiger partial charge in [0.05, 0.1) is 0 Å². The van der Waals surface area contributed by atoms with Crippen LogP contribution in [-0.4, -0.2) is 25.1 Å². The first-order valence-corrected chi connectivity index (χ1v) is 5.75. The molecule has 6 nitrogen and oxygen atoms in total. The standard InChI is InChI=1S/C9H12N6S/c1-2-3-6-7(10)11-4-12-8(6)16-9-13-5-14-15-9/h4-5H,2-3H2,1H3,(H2,10,11,12)(H,13,14,15). The van der Waals surface area contributed by atoms with Crippen LogP contribution >= 0.6 is 11.8 Å². The van der Waals surface area contributed by atoms with Crippen molar-refractivity contribution < 1.29 is 0 Å². The van der Waals surface area contributed by atoms with Crippen LogP contribution in [0.2, 0.25) is 0 Å². The largest absolute Gasteiger partial charge is 0.383 e. The molecule has 2 aromatic heterocycles. The zero-order valence-electron chi connectivity index (χ0n) is 8.84. The molecule has 0 bridgehead atoms. The first-order chi connectivity index (χ1) is 7.81. The highest BCUT2D eigenvalue weighted by Crippen LogP contribution is 2.28. The van der Waals surface area contributed by atoms with Crippen molar-refractivity contribution in [2.75, 3.05) is 5.73 Å². The first kappa shape index (κ1) is 10.9. The van der Waals surface area contributed by atoms with Gasteiger partial charge in [-0.15, -0.1) is 0 Å². The first-order valence-electron chi connectivity index (χ1n) is 4.93. The Morgan fingerprint density at radius 2 is 2.19 bits per heavy atom. The van der Waals surface area contributed by atoms with Crippen molar-refractivity contribution in [2.45, 2.75) is 29.9 Å². The predicted molar refractivity (Wildman–Crippen MR) is 60.9 cm³/mol. The number of anilines is 1. The van der Waals surface area contributed by atoms with Gasteiger partial charge in [-0.2, -0.15) is 5.10 Å². The monoisotopic (exact) mass is 236 g/mol. The second-order valence-corrected chi connectivity index (χ2v) is 4.16. The van der Waals surface area contributed by atoms with E-state index in [0.717, 1.165) is 23.4 Å². The minimum Gasteiger partial charge on any atom is -0.383 e. The molecule has 0 radical (unpaired) electrons. The minimum atomic E-state index is 0.541. The van der Waals surface area contributed by atoms with Crippen molar-refractivity contribution in [3.63, 3.8) is 0 Å². The maximum atomic E-state index is 5.83. The Hall–Kier alpha value is -1.63. The average Bonchev–Trinajstić information content (AvgIpc) is 2.76. The molecule has 0 aliphatic heterocycles. The lowest BCUT2D eigenvalue weighted by Gasteiger charge is -2.07. The topological polar surface area (TPSA) is 93.4 Å². The van der Waals surface area contributed by atoms with Crippen LogP contribution in [0.15, 0.2) is 22.8 Å². The van der Waals surface area contributed by atoms with Gasteiger partial charge in [0.2, 0.25) is 0 Å². The van der Waals surface area contributed by atoms with Crippen molar-refractivity contribution in [3.8, 4) is 0 Å². The zero-order valence-corrected chi connectivity index (χ0v) is 9.66. The predicted octanol–water partition coefficient (Wildman–Crippen LogP) is 1.28. The van der Waals surface area contributed by atoms with E-state index in [0.29, 0.717) is 11.0 Å². The van der Waals surface area contributed by atoms with Gasteiger partial charge >= 0.3 is 0 Å². The highest BCUT2D eigenvalue weighted by molar-refractivity contribution is 7.99. The summed E-state index contributed by atoms with van der Waals surface area (Å²) in [4.78, 5) is 12.2. The molecular weight excluding hydrogens is 224 g/mol. The molecule has 0 saturated carbocycles. The van der Waals surface area contributed by atoms with Crippen molar-refractivity contribution in [3.05, 3.63) is 18.2 Å². The van der Waals surface area contributed by atoms with E-state index in [2.05, 4.69) is 32.1 Å². The summed E-state index contributed by atoms with van der Waals surface area (Å²) in [7, 11) is 0. The van der Waals surface area contributed by atoms with Crippen molar-refractivity contribution in [1.29, 1.82) is 0 Å². The smallest absolute Gasteiger partial charge is 0.189 e. The Bertz CT molecular complexity index is 455. The molecule has 0 aliphatic carbocycles. The van der Waals surface area contributed by atoms with Crippen LogP contribution < -0.4 is 5.73 Å². The van der Waals surface area contributed by atoms with E-state index in [4.69, 9.17) is 5.73 Å². The van der Waals surface area contributed by atoms with Gasteiger partial charge in [-0.25, -0.2) is 15.0 Å². The maximum absolute atomic E-state index is 5.83. The Labute approximate surface area is 97.1 Å². The quantitative estimate of drug-likeness (QED) is 0.777. The summed E-state index contributed by atoms with van der Waals surface area (Å²) >= 11 is 1.41. The number of aromatic nitrogens is 5. The fourth-order valence-corrected chi connectivity index (χ4v) is 2.13. The van der Waals surface area contributed by atoms with Crippen LogP contribution in [0.25, 0.3) is 0 Å². The fraction of sp³-hybridized carbons (Fsp3) is 0.333. The van der Waals surface area contributed by atoms with Crippen molar-refractivity contribution in [1.82, 2.24) is 25.1 Å². The van der Waals surface area contributed by atoms with Crippen LogP contribution in [-0.2, 0) is 6.42 Å². The van der Waals surface area contributed by atoms with Gasteiger partial charge < -0.3 is 5.73 Å². The summed E-state index contributed by atoms with van der Waals surface area (Å²) < 4.78 is 0. The molecular formula is C9H12N6S. The normalized spacial score (nSPS) is 10.6. The molecule has 2 aromatic rings. The summed E-state index contributed by atoms with van der Waals surface area (Å²) in [5.74, 6) is 0.541. The molecule has 7 heteroatoms. The SMILES string of the molecule is CCCc1c(N)ncnc1Sc1ncn[nH]1. The van der Waals surface area contributed by atoms with Gasteiger partial charge in [-0.3, -0.25) is 5.10 Å². The molecule has 0 atom stereocenters. The molecule has 2 rings (SSSR count). The van der Waals surface area contributed by atoms with Crippen LogP contribution in [0.4, 0.5) is 5.82 Å². The number of hydrogen-bond donors (Lipinski definition) is 2. The average molecular weight is 236 g/mol. The molecule has 16 heavy (non-hydrogen) atoms. The molecule has 0 fully saturated rings. The summed E-state index contributed by atoms with van der Waals surface area (Å²) in [6, 6.07) is 0. The van der Waals surface area contributed by atoms with Gasteiger partial charge in [0.1, 0.15) is 23.5 Å². The molecule has 2 heterocycles. The second-order valence-electron chi connectivity index (χ2n) is 3.19. The molecule has 0 aliphatic rings. The number of rotatable bonds is 4. The highest BCUT2D eigenvalue weighted by Gasteiger charge is 2.11. The second kappa shape index (κ2) is 4.93. The van der Waals surface area contributed by atoms with Gasteiger partial charge in [-0.1, -0.05) is 13.3 Å². The molecule has 0 spiro atoms. The maximum Gasteiger partial charge on any atom is 0.189 e. The summed E-state index contributed by atoms with van der Waals surface area (Å²) in [5.41, 5.74) is 6.80. The third-order valence-electron chi connectivity index (χ3n) is 2.03. The Morgan fingerprint density at radius 1 is 1.31 bits per heavy atom. The van der Waals surface area contributed by atoms with Crippen LogP contribution in [0.3, 0.4) is 0 Å². The Morgan fingerprint density at radius 3 is 2.88 bits per heavy atom. The van der Waals surface area contributed by atoms with E-state index >= 15 is 0 Å². The summed E-state index contributed by atoms with van der Waals surface area (Å²) in [6.07, 6.45) is 4.80. The Kier molecular flexibility index (Phi) is 3.35. The van der Waals surface area contributed by atoms with Gasteiger partial charge in [-0.05, 0) is 18.2 Å². The molecule has 0 saturated heterocycles. The lowest BCUT2D eigenvalue weighted by atomic mass is 10.2. The number of nitrogens with zero attached hydrogens (tertiary/aromatic N) is 4. The van der Waals surface area contributed by atoms with E-state index in [1.807, 2.05) is 0 Å². The van der Waals surface area contributed by atoms with Crippen molar-refractivity contribution >= 4 is 17.6 Å². The number of nitrogen functional groups attached to an aromatic ring is 1. The fourth-order valence-electron chi connectivity index (χ4n) is 1.32. The molecule has 84 valence electrons. The van der Waals surface area contributed by atoms with Crippen LogP contribution in [0.1, 0.15) is 18.9 Å². The lowest BCUT2D eigenvalue weighted by Crippen LogP contribution is -2.01. The lowest BCUT2D eigenvalue weighted by molar-refractivity contribution is 0.858. The van der Waals surface area contributed by atoms with Gasteiger partial charge in [0.25, 0.3) is 0 Å². The van der Waals surface area contributed by atoms with E-state index in [1.165, 1.54) is 24.4 Å². The summed E-state index contributed by atoms with van der Waals surface area (Å²) in [5, 5.41) is 8.10. The Balaban J connectivity index is 2.29. The van der Waals surface area contributed by atoms with Crippen molar-refractivity contribution in [2.24, 2.45) is 0 Å². The molecule has 0 unspecified atom stereocenters. The van der Waals surface area contributed by atoms with Crippen LogP contribution in [0.5, 0.6) is 0 Å². The van der Waals surface area contributed by atoms with E-state index in [1.54, 1.807) is 0 Å². The van der Waals surface area contributed by atoms with Gasteiger partial charge in [0.15, 0.2) is 5.16 Å². The number of nitrogens with one attached hydrogen (secondary N) is 1. The third-order valence-corrected chi connectivity index (χ3v) is 2.96. The van der Waals surface area contributed by atoms with Crippen LogP contribution in [0, 0.1) is 0 Å². The van der Waals surface area contributed by atoms with E-state index in [-0.39, 0.29) is 0 Å². The van der Waals surface area contributed by atoms with E-state index in [9.17, 15) is 0 Å². The van der Waals surface area contributed by atoms with Gasteiger partial charge in [0, 0.05) is 5.56 Å².